The maximum atomic E-state index is 12.3. The van der Waals surface area contributed by atoms with E-state index in [-0.39, 0.29) is 18.0 Å². The molecule has 2 N–H and O–H groups in total. The van der Waals surface area contributed by atoms with Gasteiger partial charge in [-0.3, -0.25) is 4.79 Å². The number of aromatic nitrogens is 1. The van der Waals surface area contributed by atoms with Crippen molar-refractivity contribution < 1.29 is 9.90 Å². The van der Waals surface area contributed by atoms with E-state index >= 15 is 0 Å². The Morgan fingerprint density at radius 3 is 2.61 bits per heavy atom. The van der Waals surface area contributed by atoms with Crippen LogP contribution in [0.4, 0.5) is 5.69 Å². The molecule has 0 aliphatic carbocycles. The molecule has 7 heteroatoms. The highest BCUT2D eigenvalue weighted by atomic mass is 35.5. The highest BCUT2D eigenvalue weighted by Gasteiger charge is 2.16. The second kappa shape index (κ2) is 6.85. The Hall–Kier alpha value is -2.31. The van der Waals surface area contributed by atoms with Gasteiger partial charge in [-0.1, -0.05) is 6.58 Å². The van der Waals surface area contributed by atoms with Gasteiger partial charge >= 0.3 is 5.97 Å². The number of nitrogens with one attached hydrogen (secondary N) is 1. The molecule has 1 aromatic carbocycles. The zero-order chi connectivity index (χ0) is 15.7. The van der Waals surface area contributed by atoms with Crippen LogP contribution >= 0.6 is 12.4 Å². The van der Waals surface area contributed by atoms with Crippen LogP contribution in [0.3, 0.4) is 0 Å². The molecule has 2 heterocycles. The van der Waals surface area contributed by atoms with Crippen LogP contribution < -0.4 is 15.6 Å². The minimum absolute atomic E-state index is 0. The molecule has 0 amide bonds. The van der Waals surface area contributed by atoms with Crippen LogP contribution in [0.5, 0.6) is 0 Å². The van der Waals surface area contributed by atoms with Crippen molar-refractivity contribution in [1.29, 1.82) is 0 Å². The highest BCUT2D eigenvalue weighted by molar-refractivity contribution is 5.94. The largest absolute Gasteiger partial charge is 0.477 e. The van der Waals surface area contributed by atoms with Crippen LogP contribution in [0.2, 0.25) is 0 Å². The third kappa shape index (κ3) is 3.09. The average molecular weight is 336 g/mol. The molecule has 0 spiro atoms. The second-order valence-corrected chi connectivity index (χ2v) is 5.21. The molecular formula is C16H18ClN3O3. The zero-order valence-electron chi connectivity index (χ0n) is 12.5. The van der Waals surface area contributed by atoms with Crippen molar-refractivity contribution >= 4 is 41.2 Å². The van der Waals surface area contributed by atoms with Crippen molar-refractivity contribution in [2.75, 3.05) is 31.1 Å². The Kier molecular flexibility index (Phi) is 5.08. The molecule has 23 heavy (non-hydrogen) atoms. The lowest BCUT2D eigenvalue weighted by Crippen LogP contribution is -2.43. The Morgan fingerprint density at radius 1 is 1.30 bits per heavy atom. The van der Waals surface area contributed by atoms with Gasteiger partial charge in [0, 0.05) is 49.6 Å². The first-order chi connectivity index (χ1) is 10.6. The summed E-state index contributed by atoms with van der Waals surface area (Å²) < 4.78 is 1.59. The van der Waals surface area contributed by atoms with Gasteiger partial charge in [-0.25, -0.2) is 4.79 Å². The van der Waals surface area contributed by atoms with Crippen LogP contribution in [0.1, 0.15) is 10.4 Å². The van der Waals surface area contributed by atoms with E-state index in [1.807, 2.05) is 12.1 Å². The summed E-state index contributed by atoms with van der Waals surface area (Å²) in [6, 6.07) is 5.48. The molecule has 3 rings (SSSR count). The van der Waals surface area contributed by atoms with E-state index in [0.29, 0.717) is 10.9 Å². The third-order valence-corrected chi connectivity index (χ3v) is 3.93. The number of piperazine rings is 1. The van der Waals surface area contributed by atoms with Crippen LogP contribution in [0, 0.1) is 0 Å². The molecule has 1 aliphatic heterocycles. The Balaban J connectivity index is 0.00000192. The van der Waals surface area contributed by atoms with Gasteiger partial charge in [0.25, 0.3) is 0 Å². The van der Waals surface area contributed by atoms with Gasteiger partial charge in [0.2, 0.25) is 5.43 Å². The van der Waals surface area contributed by atoms with Gasteiger partial charge in [0.05, 0.1) is 5.52 Å². The van der Waals surface area contributed by atoms with Gasteiger partial charge < -0.3 is 19.9 Å². The lowest BCUT2D eigenvalue weighted by Gasteiger charge is -2.29. The number of fused-ring (bicyclic) bond motifs is 1. The number of hydrogen-bond acceptors (Lipinski definition) is 4. The predicted molar refractivity (Wildman–Crippen MR) is 93.9 cm³/mol. The molecule has 0 atom stereocenters. The third-order valence-electron chi connectivity index (χ3n) is 3.93. The number of aromatic carboxylic acids is 1. The number of hydrogen-bond donors (Lipinski definition) is 2. The SMILES string of the molecule is C=Cn1cc(C(=O)O)c(=O)c2ccc(N3CCNCC3)cc21.Cl. The number of halogens is 1. The zero-order valence-corrected chi connectivity index (χ0v) is 13.3. The Labute approximate surface area is 139 Å². The highest BCUT2D eigenvalue weighted by Crippen LogP contribution is 2.21. The van der Waals surface area contributed by atoms with E-state index in [1.54, 1.807) is 10.6 Å². The van der Waals surface area contributed by atoms with E-state index in [0.717, 1.165) is 31.9 Å². The summed E-state index contributed by atoms with van der Waals surface area (Å²) in [4.78, 5) is 25.7. The van der Waals surface area contributed by atoms with Crippen molar-refractivity contribution in [3.8, 4) is 0 Å². The molecule has 0 radical (unpaired) electrons. The van der Waals surface area contributed by atoms with E-state index < -0.39 is 11.4 Å². The Morgan fingerprint density at radius 2 is 2.00 bits per heavy atom. The van der Waals surface area contributed by atoms with Crippen molar-refractivity contribution in [1.82, 2.24) is 9.88 Å². The molecule has 1 aliphatic rings. The van der Waals surface area contributed by atoms with Gasteiger partial charge in [-0.2, -0.15) is 0 Å². The first kappa shape index (κ1) is 17.1. The summed E-state index contributed by atoms with van der Waals surface area (Å²) >= 11 is 0. The summed E-state index contributed by atoms with van der Waals surface area (Å²) in [7, 11) is 0. The summed E-state index contributed by atoms with van der Waals surface area (Å²) in [5, 5.41) is 12.8. The summed E-state index contributed by atoms with van der Waals surface area (Å²) in [6.45, 7) is 7.34. The summed E-state index contributed by atoms with van der Waals surface area (Å²) in [5.74, 6) is -1.23. The van der Waals surface area contributed by atoms with Gasteiger partial charge in [-0.05, 0) is 18.2 Å². The first-order valence-electron chi connectivity index (χ1n) is 7.12. The number of benzene rings is 1. The quantitative estimate of drug-likeness (QED) is 0.891. The maximum Gasteiger partial charge on any atom is 0.341 e. The number of nitrogens with zero attached hydrogens (tertiary/aromatic N) is 2. The lowest BCUT2D eigenvalue weighted by atomic mass is 10.1. The maximum absolute atomic E-state index is 12.3. The van der Waals surface area contributed by atoms with Crippen LogP contribution in [0.15, 0.2) is 35.8 Å². The van der Waals surface area contributed by atoms with Crippen molar-refractivity contribution in [3.63, 3.8) is 0 Å². The van der Waals surface area contributed by atoms with E-state index in [4.69, 9.17) is 5.11 Å². The lowest BCUT2D eigenvalue weighted by molar-refractivity contribution is 0.0695. The molecule has 0 unspecified atom stereocenters. The molecule has 1 saturated heterocycles. The normalized spacial score (nSPS) is 14.3. The van der Waals surface area contributed by atoms with Crippen molar-refractivity contribution in [2.24, 2.45) is 0 Å². The molecule has 0 saturated carbocycles. The van der Waals surface area contributed by atoms with Crippen molar-refractivity contribution in [2.45, 2.75) is 0 Å². The first-order valence-corrected chi connectivity index (χ1v) is 7.12. The second-order valence-electron chi connectivity index (χ2n) is 5.21. The molecule has 0 bridgehead atoms. The fraction of sp³-hybridized carbons (Fsp3) is 0.250. The van der Waals surface area contributed by atoms with Gasteiger partial charge in [0.1, 0.15) is 5.56 Å². The molecule has 1 fully saturated rings. The number of carboxylic acids is 1. The van der Waals surface area contributed by atoms with E-state index in [1.165, 1.54) is 12.4 Å². The molecule has 2 aromatic rings. The molecule has 6 nitrogen and oxygen atoms in total. The number of pyridine rings is 1. The smallest absolute Gasteiger partial charge is 0.341 e. The van der Waals surface area contributed by atoms with Crippen LogP contribution in [-0.2, 0) is 0 Å². The fourth-order valence-electron chi connectivity index (χ4n) is 2.76. The fourth-order valence-corrected chi connectivity index (χ4v) is 2.76. The number of anilines is 1. The monoisotopic (exact) mass is 335 g/mol. The number of carboxylic acid groups (broad SMARTS) is 1. The molecule has 1 aromatic heterocycles. The molecular weight excluding hydrogens is 318 g/mol. The van der Waals surface area contributed by atoms with Crippen molar-refractivity contribution in [3.05, 3.63) is 46.8 Å². The minimum Gasteiger partial charge on any atom is -0.477 e. The minimum atomic E-state index is -1.23. The van der Waals surface area contributed by atoms with Gasteiger partial charge in [-0.15, -0.1) is 12.4 Å². The average Bonchev–Trinajstić information content (AvgIpc) is 2.55. The van der Waals surface area contributed by atoms with E-state index in [2.05, 4.69) is 16.8 Å². The number of rotatable bonds is 3. The molecule has 122 valence electrons. The summed E-state index contributed by atoms with van der Waals surface area (Å²) in [6.07, 6.45) is 2.83. The topological polar surface area (TPSA) is 74.6 Å². The van der Waals surface area contributed by atoms with E-state index in [9.17, 15) is 9.59 Å². The summed E-state index contributed by atoms with van der Waals surface area (Å²) in [5.41, 5.74) is 0.975. The van der Waals surface area contributed by atoms with Crippen LogP contribution in [-0.4, -0.2) is 41.8 Å². The van der Waals surface area contributed by atoms with Crippen LogP contribution in [0.25, 0.3) is 17.1 Å². The Bertz CT molecular complexity index is 810. The standard InChI is InChI=1S/C16H17N3O3.ClH/c1-2-18-10-13(16(21)22)15(20)12-4-3-11(9-14(12)18)19-7-5-17-6-8-19;/h2-4,9-10,17H,1,5-8H2,(H,21,22);1H. The predicted octanol–water partition coefficient (Wildman–Crippen LogP) is 1.63. The van der Waals surface area contributed by atoms with Gasteiger partial charge in [0.15, 0.2) is 0 Å². The number of carbonyl (C=O) groups is 1.